The van der Waals surface area contributed by atoms with Gasteiger partial charge in [0.15, 0.2) is 0 Å². The Balaban J connectivity index is 1.54. The third-order valence-electron chi connectivity index (χ3n) is 7.46. The fraction of sp³-hybridized carbons (Fsp3) is 0.281. The third-order valence-corrected chi connectivity index (χ3v) is 21.7. The minimum atomic E-state index is -4.53. The fourth-order valence-corrected chi connectivity index (χ4v) is 21.3. The Hall–Kier alpha value is -3.60. The average Bonchev–Trinajstić information content (AvgIpc) is 3.60. The van der Waals surface area contributed by atoms with E-state index in [0.29, 0.717) is 29.6 Å². The number of para-hydroxylation sites is 1. The Morgan fingerprint density at radius 1 is 0.816 bits per heavy atom. The van der Waals surface area contributed by atoms with Gasteiger partial charge in [-0.25, -0.2) is 9.78 Å². The van der Waals surface area contributed by atoms with Gasteiger partial charge < -0.3 is 44.6 Å². The molecule has 2 aromatic carbocycles. The van der Waals surface area contributed by atoms with Crippen LogP contribution in [0.15, 0.2) is 116 Å². The summed E-state index contributed by atoms with van der Waals surface area (Å²) in [7, 11) is -17.9. The molecular weight excluding hydrogens is 699 g/mol. The lowest BCUT2D eigenvalue weighted by Gasteiger charge is -2.46. The van der Waals surface area contributed by atoms with Crippen LogP contribution in [0.3, 0.4) is 0 Å². The summed E-state index contributed by atoms with van der Waals surface area (Å²) in [6.45, 7) is 5.53. The van der Waals surface area contributed by atoms with Crippen LogP contribution < -0.4 is 9.61 Å². The van der Waals surface area contributed by atoms with E-state index in [1.165, 1.54) is 6.92 Å². The molecule has 260 valence electrons. The van der Waals surface area contributed by atoms with E-state index in [1.807, 2.05) is 22.8 Å². The van der Waals surface area contributed by atoms with Gasteiger partial charge >= 0.3 is 41.2 Å². The van der Waals surface area contributed by atoms with Gasteiger partial charge in [0.1, 0.15) is 5.75 Å². The molecule has 3 heterocycles. The highest BCUT2D eigenvalue weighted by atomic mass is 28.6. The molecule has 2 aromatic heterocycles. The van der Waals surface area contributed by atoms with Crippen molar-refractivity contribution in [1.29, 1.82) is 0 Å². The molecule has 4 unspecified atom stereocenters. The van der Waals surface area contributed by atoms with E-state index in [9.17, 15) is 19.2 Å². The van der Waals surface area contributed by atoms with Crippen molar-refractivity contribution in [2.75, 3.05) is 6.61 Å². The van der Waals surface area contributed by atoms with Crippen LogP contribution in [0.4, 0.5) is 0 Å². The first-order valence-electron chi connectivity index (χ1n) is 16.0. The van der Waals surface area contributed by atoms with Gasteiger partial charge in [-0.2, -0.15) is 0 Å². The molecule has 4 atom stereocenters. The van der Waals surface area contributed by atoms with Gasteiger partial charge in [0, 0.05) is 59.7 Å². The van der Waals surface area contributed by atoms with Crippen LogP contribution in [0.5, 0.6) is 5.75 Å². The molecule has 4 aromatic rings. The van der Waals surface area contributed by atoms with Crippen molar-refractivity contribution in [3.63, 3.8) is 0 Å². The lowest BCUT2D eigenvalue weighted by molar-refractivity contribution is -0.139. The first-order chi connectivity index (χ1) is 23.5. The number of ether oxygens (including phenoxy) is 1. The number of aryl methyl sites for hydroxylation is 2. The van der Waals surface area contributed by atoms with E-state index < -0.39 is 41.2 Å². The molecule has 5 rings (SSSR count). The van der Waals surface area contributed by atoms with Gasteiger partial charge in [-0.05, 0) is 50.5 Å². The molecule has 0 saturated carbocycles. The summed E-state index contributed by atoms with van der Waals surface area (Å²) in [5.74, 6) is -0.214. The van der Waals surface area contributed by atoms with Crippen LogP contribution in [-0.4, -0.2) is 76.7 Å². The Labute approximate surface area is 289 Å². The Bertz CT molecular complexity index is 1650. The standard InChI is InChI=1S/C32H41N3O10Si4/c1-28(2)32(36)40-23-12-25-47(38)42-46(37,24-11-21-35-22-20-33-27-35)43-48(39,26-18-29-13-9-10-19-34-29)45-49(44-47,31-16-7-4-8-17-31)41-30-14-5-3-6-15-30/h3-10,13-17,19-20,22,27,37-39H,1,11-12,18,21,23-26H2,2H3. The zero-order chi connectivity index (χ0) is 34.8. The first kappa shape index (κ1) is 36.7. The van der Waals surface area contributed by atoms with Crippen LogP contribution >= 0.6 is 0 Å². The number of pyridine rings is 1. The minimum absolute atomic E-state index is 0.0316. The predicted octanol–water partition coefficient (Wildman–Crippen LogP) is 3.22. The summed E-state index contributed by atoms with van der Waals surface area (Å²) in [6.07, 6.45) is 7.46. The minimum Gasteiger partial charge on any atom is -0.498 e. The normalized spacial score (nSPS) is 25.6. The highest BCUT2D eigenvalue weighted by Gasteiger charge is 2.67. The van der Waals surface area contributed by atoms with Crippen molar-refractivity contribution in [3.05, 3.63) is 122 Å². The summed E-state index contributed by atoms with van der Waals surface area (Å²) in [5.41, 5.74) is 0.911. The van der Waals surface area contributed by atoms with Crippen molar-refractivity contribution in [1.82, 2.24) is 14.5 Å². The van der Waals surface area contributed by atoms with Gasteiger partial charge in [0.05, 0.1) is 12.9 Å². The second-order valence-corrected chi connectivity index (χ2v) is 22.6. The molecule has 3 N–H and O–H groups in total. The third kappa shape index (κ3) is 10.4. The molecule has 17 heteroatoms. The lowest BCUT2D eigenvalue weighted by Crippen LogP contribution is -2.76. The van der Waals surface area contributed by atoms with Crippen LogP contribution in [0.1, 0.15) is 25.5 Å². The van der Waals surface area contributed by atoms with E-state index in [2.05, 4.69) is 16.5 Å². The fourth-order valence-electron chi connectivity index (χ4n) is 5.13. The lowest BCUT2D eigenvalue weighted by atomic mass is 10.3. The molecule has 1 aliphatic heterocycles. The maximum absolute atomic E-state index is 12.4. The number of imidazole rings is 1. The van der Waals surface area contributed by atoms with E-state index in [1.54, 1.807) is 85.6 Å². The average molecular weight is 740 g/mol. The zero-order valence-corrected chi connectivity index (χ0v) is 31.2. The monoisotopic (exact) mass is 739 g/mol. The van der Waals surface area contributed by atoms with Gasteiger partial charge in [-0.15, -0.1) is 0 Å². The molecule has 13 nitrogen and oxygen atoms in total. The van der Waals surface area contributed by atoms with Crippen LogP contribution in [0.25, 0.3) is 0 Å². The van der Waals surface area contributed by atoms with Gasteiger partial charge in [0.2, 0.25) is 0 Å². The molecule has 1 saturated heterocycles. The highest BCUT2D eigenvalue weighted by molar-refractivity contribution is 6.93. The maximum Gasteiger partial charge on any atom is 0.588 e. The van der Waals surface area contributed by atoms with Gasteiger partial charge in [-0.1, -0.05) is 61.2 Å². The Kier molecular flexibility index (Phi) is 12.3. The van der Waals surface area contributed by atoms with Crippen molar-refractivity contribution in [2.45, 2.75) is 50.9 Å². The number of aromatic nitrogens is 3. The van der Waals surface area contributed by atoms with E-state index >= 15 is 0 Å². The van der Waals surface area contributed by atoms with Crippen molar-refractivity contribution in [2.24, 2.45) is 0 Å². The molecule has 0 spiro atoms. The van der Waals surface area contributed by atoms with Crippen molar-refractivity contribution in [3.8, 4) is 5.75 Å². The molecular formula is C32H41N3O10Si4. The number of carbonyl (C=O) groups is 1. The summed E-state index contributed by atoms with van der Waals surface area (Å²) in [6, 6.07) is 22.8. The summed E-state index contributed by atoms with van der Waals surface area (Å²) >= 11 is 0. The molecule has 0 aliphatic carbocycles. The first-order valence-corrected chi connectivity index (χ1v) is 23.6. The number of esters is 1. The van der Waals surface area contributed by atoms with E-state index in [0.717, 1.165) is 0 Å². The summed E-state index contributed by atoms with van der Waals surface area (Å²) in [4.78, 5) is 57.4. The smallest absolute Gasteiger partial charge is 0.498 e. The summed E-state index contributed by atoms with van der Waals surface area (Å²) < 4.78 is 39.7. The van der Waals surface area contributed by atoms with E-state index in [4.69, 9.17) is 25.6 Å². The van der Waals surface area contributed by atoms with Crippen LogP contribution in [-0.2, 0) is 39.0 Å². The number of nitrogens with zero attached hydrogens (tertiary/aromatic N) is 3. The number of benzene rings is 2. The van der Waals surface area contributed by atoms with Crippen molar-refractivity contribution < 1.29 is 44.8 Å². The summed E-state index contributed by atoms with van der Waals surface area (Å²) in [5, 5.41) is 0.432. The Morgan fingerprint density at radius 2 is 1.45 bits per heavy atom. The molecule has 0 radical (unpaired) electrons. The molecule has 49 heavy (non-hydrogen) atoms. The molecule has 1 fully saturated rings. The number of hydrogen-bond acceptors (Lipinski definition) is 12. The SMILES string of the molecule is C=C(C)C(=O)OCCC[Si]1(O)O[Si](O)(CCCn2ccnc2)O[Si](O)(CCc2ccccn2)O[Si](Oc2ccccc2)(c2ccccc2)O1. The predicted molar refractivity (Wildman–Crippen MR) is 187 cm³/mol. The van der Waals surface area contributed by atoms with Gasteiger partial charge in [0.25, 0.3) is 0 Å². The van der Waals surface area contributed by atoms with E-state index in [-0.39, 0.29) is 43.2 Å². The van der Waals surface area contributed by atoms with Crippen LogP contribution in [0.2, 0.25) is 18.1 Å². The van der Waals surface area contributed by atoms with Gasteiger partial charge in [-0.3, -0.25) is 4.98 Å². The second kappa shape index (κ2) is 16.4. The number of rotatable bonds is 15. The highest BCUT2D eigenvalue weighted by Crippen LogP contribution is 2.35. The zero-order valence-electron chi connectivity index (χ0n) is 27.2. The molecule has 0 amide bonds. The van der Waals surface area contributed by atoms with Crippen molar-refractivity contribution >= 4 is 46.4 Å². The maximum atomic E-state index is 12.4. The van der Waals surface area contributed by atoms with Crippen LogP contribution in [0, 0.1) is 0 Å². The molecule has 0 bridgehead atoms. The number of carbonyl (C=O) groups excluding carboxylic acids is 1. The second-order valence-electron chi connectivity index (χ2n) is 11.6. The largest absolute Gasteiger partial charge is 0.588 e. The number of hydrogen-bond donors (Lipinski definition) is 3. The Morgan fingerprint density at radius 3 is 2.08 bits per heavy atom. The molecule has 1 aliphatic rings. The quantitative estimate of drug-likeness (QED) is 0.0708. The topological polar surface area (TPSA) is 164 Å².